The van der Waals surface area contributed by atoms with Crippen molar-refractivity contribution < 1.29 is 9.18 Å². The van der Waals surface area contributed by atoms with Crippen LogP contribution in [0.1, 0.15) is 37.7 Å². The van der Waals surface area contributed by atoms with Crippen molar-refractivity contribution in [1.29, 1.82) is 0 Å². The van der Waals surface area contributed by atoms with Crippen LogP contribution in [0.5, 0.6) is 0 Å². The number of carbonyl (C=O) groups excluding carboxylic acids is 1. The van der Waals surface area contributed by atoms with Crippen LogP contribution in [0, 0.1) is 19.7 Å². The summed E-state index contributed by atoms with van der Waals surface area (Å²) in [5.74, 6) is -0.560. The monoisotopic (exact) mass is 317 g/mol. The average molecular weight is 317 g/mol. The summed E-state index contributed by atoms with van der Waals surface area (Å²) in [6.45, 7) is 9.89. The maximum absolute atomic E-state index is 14.0. The second-order valence-electron chi connectivity index (χ2n) is 6.59. The van der Waals surface area contributed by atoms with Crippen LogP contribution in [0.4, 0.5) is 4.39 Å². The fourth-order valence-electron chi connectivity index (χ4n) is 2.66. The zero-order valence-electron chi connectivity index (χ0n) is 14.4. The smallest absolute Gasteiger partial charge is 0.230 e. The molecule has 1 N–H and O–H groups in total. The third-order valence-corrected chi connectivity index (χ3v) is 4.04. The molecule has 0 aliphatic heterocycles. The average Bonchev–Trinajstić information content (AvgIpc) is 2.76. The number of carbonyl (C=O) groups is 1. The number of hydrogen-bond acceptors (Lipinski definition) is 2. The minimum Gasteiger partial charge on any atom is -0.351 e. The molecule has 1 aromatic heterocycles. The normalized spacial score (nSPS) is 13.0. The number of aryl methyl sites for hydroxylation is 2. The largest absolute Gasteiger partial charge is 0.351 e. The Morgan fingerprint density at radius 1 is 1.35 bits per heavy atom. The summed E-state index contributed by atoms with van der Waals surface area (Å²) in [5, 5.41) is 7.36. The quantitative estimate of drug-likeness (QED) is 0.921. The molecular weight excluding hydrogens is 293 g/mol. The van der Waals surface area contributed by atoms with Gasteiger partial charge in [-0.25, -0.2) is 4.39 Å². The zero-order valence-corrected chi connectivity index (χ0v) is 14.4. The highest BCUT2D eigenvalue weighted by Gasteiger charge is 2.32. The molecule has 4 nitrogen and oxygen atoms in total. The van der Waals surface area contributed by atoms with E-state index in [-0.39, 0.29) is 17.8 Å². The fraction of sp³-hybridized carbons (Fsp3) is 0.444. The first kappa shape index (κ1) is 17.2. The summed E-state index contributed by atoms with van der Waals surface area (Å²) in [6.07, 6.45) is 0. The van der Waals surface area contributed by atoms with Crippen LogP contribution in [-0.4, -0.2) is 21.7 Å². The Balaban J connectivity index is 2.08. The van der Waals surface area contributed by atoms with Crippen molar-refractivity contribution >= 4 is 5.91 Å². The topological polar surface area (TPSA) is 46.9 Å². The summed E-state index contributed by atoms with van der Waals surface area (Å²) in [5.41, 5.74) is 1.47. The van der Waals surface area contributed by atoms with E-state index in [1.807, 2.05) is 31.5 Å². The van der Waals surface area contributed by atoms with Crippen LogP contribution in [0.2, 0.25) is 0 Å². The SMILES string of the molecule is Cc1cc(C)n(CC(C)NC(=O)C(C)(C)c2ccccc2F)n1. The van der Waals surface area contributed by atoms with Crippen LogP contribution < -0.4 is 5.32 Å². The van der Waals surface area contributed by atoms with E-state index >= 15 is 0 Å². The number of nitrogens with one attached hydrogen (secondary N) is 1. The summed E-state index contributed by atoms with van der Waals surface area (Å²) in [4.78, 5) is 12.6. The lowest BCUT2D eigenvalue weighted by Crippen LogP contribution is -2.46. The molecule has 1 aromatic carbocycles. The van der Waals surface area contributed by atoms with Crippen molar-refractivity contribution in [1.82, 2.24) is 15.1 Å². The van der Waals surface area contributed by atoms with Gasteiger partial charge in [0, 0.05) is 17.3 Å². The third-order valence-electron chi connectivity index (χ3n) is 4.04. The molecule has 0 saturated heterocycles. The summed E-state index contributed by atoms with van der Waals surface area (Å²) in [7, 11) is 0. The van der Waals surface area contributed by atoms with E-state index in [4.69, 9.17) is 0 Å². The van der Waals surface area contributed by atoms with Crippen LogP contribution in [0.3, 0.4) is 0 Å². The number of rotatable bonds is 5. The Kier molecular flexibility index (Phi) is 4.88. The molecule has 0 radical (unpaired) electrons. The van der Waals surface area contributed by atoms with Gasteiger partial charge >= 0.3 is 0 Å². The molecule has 1 amide bonds. The number of halogens is 1. The lowest BCUT2D eigenvalue weighted by molar-refractivity contribution is -0.126. The number of aromatic nitrogens is 2. The molecule has 2 rings (SSSR count). The predicted molar refractivity (Wildman–Crippen MR) is 88.7 cm³/mol. The molecule has 1 heterocycles. The Labute approximate surface area is 136 Å². The highest BCUT2D eigenvalue weighted by atomic mass is 19.1. The molecule has 23 heavy (non-hydrogen) atoms. The molecule has 0 aliphatic carbocycles. The minimum absolute atomic E-state index is 0.105. The summed E-state index contributed by atoms with van der Waals surface area (Å²) in [6, 6.07) is 8.29. The molecule has 2 aromatic rings. The van der Waals surface area contributed by atoms with Gasteiger partial charge in [-0.15, -0.1) is 0 Å². The number of nitrogens with zero attached hydrogens (tertiary/aromatic N) is 2. The zero-order chi connectivity index (χ0) is 17.2. The molecule has 1 unspecified atom stereocenters. The lowest BCUT2D eigenvalue weighted by atomic mass is 9.83. The fourth-order valence-corrected chi connectivity index (χ4v) is 2.66. The Morgan fingerprint density at radius 2 is 2.00 bits per heavy atom. The van der Waals surface area contributed by atoms with E-state index in [0.717, 1.165) is 11.4 Å². The summed E-state index contributed by atoms with van der Waals surface area (Å²) >= 11 is 0. The molecule has 5 heteroatoms. The van der Waals surface area contributed by atoms with Crippen molar-refractivity contribution in [2.75, 3.05) is 0 Å². The maximum Gasteiger partial charge on any atom is 0.230 e. The van der Waals surface area contributed by atoms with Crippen LogP contribution in [0.25, 0.3) is 0 Å². The van der Waals surface area contributed by atoms with Gasteiger partial charge in [0.1, 0.15) is 5.82 Å². The van der Waals surface area contributed by atoms with Gasteiger partial charge < -0.3 is 5.32 Å². The van der Waals surface area contributed by atoms with Gasteiger partial charge in [0.15, 0.2) is 0 Å². The lowest BCUT2D eigenvalue weighted by Gasteiger charge is -2.27. The van der Waals surface area contributed by atoms with Gasteiger partial charge in [-0.2, -0.15) is 5.10 Å². The Morgan fingerprint density at radius 3 is 2.57 bits per heavy atom. The van der Waals surface area contributed by atoms with Gasteiger partial charge in [0.2, 0.25) is 5.91 Å². The second-order valence-corrected chi connectivity index (χ2v) is 6.59. The molecule has 0 aliphatic rings. The number of hydrogen-bond donors (Lipinski definition) is 1. The first-order valence-corrected chi connectivity index (χ1v) is 7.79. The first-order valence-electron chi connectivity index (χ1n) is 7.79. The molecule has 0 spiro atoms. The number of benzene rings is 1. The van der Waals surface area contributed by atoms with E-state index in [1.165, 1.54) is 6.07 Å². The van der Waals surface area contributed by atoms with Crippen LogP contribution in [0.15, 0.2) is 30.3 Å². The first-order chi connectivity index (χ1) is 10.7. The highest BCUT2D eigenvalue weighted by molar-refractivity contribution is 5.87. The second kappa shape index (κ2) is 6.52. The van der Waals surface area contributed by atoms with E-state index in [1.54, 1.807) is 32.0 Å². The van der Waals surface area contributed by atoms with Crippen molar-refractivity contribution in [3.8, 4) is 0 Å². The predicted octanol–water partition coefficient (Wildman–Crippen LogP) is 3.12. The van der Waals surface area contributed by atoms with Gasteiger partial charge in [0.05, 0.1) is 17.7 Å². The van der Waals surface area contributed by atoms with Gasteiger partial charge in [0.25, 0.3) is 0 Å². The van der Waals surface area contributed by atoms with E-state index in [9.17, 15) is 9.18 Å². The third kappa shape index (κ3) is 3.78. The van der Waals surface area contributed by atoms with Crippen molar-refractivity contribution in [2.45, 2.75) is 52.6 Å². The molecule has 1 atom stereocenters. The van der Waals surface area contributed by atoms with Crippen molar-refractivity contribution in [3.05, 3.63) is 53.1 Å². The van der Waals surface area contributed by atoms with E-state index in [2.05, 4.69) is 10.4 Å². The van der Waals surface area contributed by atoms with E-state index in [0.29, 0.717) is 12.1 Å². The van der Waals surface area contributed by atoms with E-state index < -0.39 is 5.41 Å². The highest BCUT2D eigenvalue weighted by Crippen LogP contribution is 2.26. The maximum atomic E-state index is 14.0. The van der Waals surface area contributed by atoms with Crippen molar-refractivity contribution in [3.63, 3.8) is 0 Å². The van der Waals surface area contributed by atoms with Gasteiger partial charge in [-0.1, -0.05) is 18.2 Å². The standard InChI is InChI=1S/C18H24FN3O/c1-12-10-14(3)22(21-12)11-13(2)20-17(23)18(4,5)15-8-6-7-9-16(15)19/h6-10,13H,11H2,1-5H3,(H,20,23). The Hall–Kier alpha value is -2.17. The molecule has 124 valence electrons. The molecular formula is C18H24FN3O. The van der Waals surface area contributed by atoms with Gasteiger partial charge in [-0.05, 0) is 46.8 Å². The van der Waals surface area contributed by atoms with Crippen LogP contribution in [-0.2, 0) is 16.8 Å². The van der Waals surface area contributed by atoms with Crippen molar-refractivity contribution in [2.24, 2.45) is 0 Å². The Bertz CT molecular complexity index is 706. The summed E-state index contributed by atoms with van der Waals surface area (Å²) < 4.78 is 15.9. The van der Waals surface area contributed by atoms with Crippen LogP contribution >= 0.6 is 0 Å². The van der Waals surface area contributed by atoms with Gasteiger partial charge in [-0.3, -0.25) is 9.48 Å². The molecule has 0 saturated carbocycles. The number of amides is 1. The molecule has 0 bridgehead atoms. The molecule has 0 fully saturated rings. The minimum atomic E-state index is -0.936.